The largest absolute Gasteiger partial charge is 0.387 e. The number of fused-ring (bicyclic) bond motifs is 1. The fourth-order valence-electron chi connectivity index (χ4n) is 3.56. The maximum absolute atomic E-state index is 13.5. The molecule has 4 rings (SSSR count). The number of nitrogens with one attached hydrogen (secondary N) is 1. The molecule has 130 valence electrons. The number of aliphatic hydroxyl groups is 1. The minimum absolute atomic E-state index is 0.281. The SMILES string of the molecule is O[C@H](CN1CCN(c2ccccc2)CC1)c1c[nH]c2ccc(F)cc12. The van der Waals surface area contributed by atoms with Crippen LogP contribution in [0.5, 0.6) is 0 Å². The molecular weight excluding hydrogens is 317 g/mol. The highest BCUT2D eigenvalue weighted by atomic mass is 19.1. The molecule has 0 amide bonds. The third-order valence-electron chi connectivity index (χ3n) is 4.96. The van der Waals surface area contributed by atoms with Crippen LogP contribution < -0.4 is 4.90 Å². The second kappa shape index (κ2) is 6.86. The number of H-pyrrole nitrogens is 1. The smallest absolute Gasteiger partial charge is 0.123 e. The number of halogens is 1. The van der Waals surface area contributed by atoms with Gasteiger partial charge >= 0.3 is 0 Å². The van der Waals surface area contributed by atoms with E-state index in [0.717, 1.165) is 42.6 Å². The second-order valence-electron chi connectivity index (χ2n) is 6.57. The maximum atomic E-state index is 13.5. The lowest BCUT2D eigenvalue weighted by Gasteiger charge is -2.36. The molecule has 0 spiro atoms. The number of aromatic amines is 1. The average Bonchev–Trinajstić information content (AvgIpc) is 3.06. The van der Waals surface area contributed by atoms with Gasteiger partial charge in [0, 0.05) is 61.1 Å². The van der Waals surface area contributed by atoms with Gasteiger partial charge in [-0.3, -0.25) is 4.90 Å². The molecular formula is C20H22FN3O. The normalized spacial score (nSPS) is 17.1. The van der Waals surface area contributed by atoms with Gasteiger partial charge in [0.2, 0.25) is 0 Å². The Kier molecular flexibility index (Phi) is 4.42. The van der Waals surface area contributed by atoms with Crippen molar-refractivity contribution in [1.82, 2.24) is 9.88 Å². The van der Waals surface area contributed by atoms with Gasteiger partial charge in [0.1, 0.15) is 5.82 Å². The monoisotopic (exact) mass is 339 g/mol. The van der Waals surface area contributed by atoms with E-state index in [0.29, 0.717) is 6.54 Å². The summed E-state index contributed by atoms with van der Waals surface area (Å²) >= 11 is 0. The average molecular weight is 339 g/mol. The van der Waals surface area contributed by atoms with Gasteiger partial charge in [-0.05, 0) is 30.3 Å². The lowest BCUT2D eigenvalue weighted by atomic mass is 10.1. The minimum Gasteiger partial charge on any atom is -0.387 e. The van der Waals surface area contributed by atoms with E-state index in [1.165, 1.54) is 17.8 Å². The molecule has 3 aromatic rings. The summed E-state index contributed by atoms with van der Waals surface area (Å²) < 4.78 is 13.5. The van der Waals surface area contributed by atoms with Gasteiger partial charge < -0.3 is 15.0 Å². The molecule has 0 bridgehead atoms. The predicted octanol–water partition coefficient (Wildman–Crippen LogP) is 3.16. The van der Waals surface area contributed by atoms with Crippen molar-refractivity contribution in [3.8, 4) is 0 Å². The van der Waals surface area contributed by atoms with Crippen LogP contribution in [0.2, 0.25) is 0 Å². The van der Waals surface area contributed by atoms with E-state index < -0.39 is 6.10 Å². The Balaban J connectivity index is 1.40. The zero-order valence-corrected chi connectivity index (χ0v) is 14.0. The van der Waals surface area contributed by atoms with Gasteiger partial charge in [-0.25, -0.2) is 4.39 Å². The number of nitrogens with zero attached hydrogens (tertiary/aromatic N) is 2. The zero-order valence-electron chi connectivity index (χ0n) is 14.0. The number of aromatic nitrogens is 1. The first-order valence-electron chi connectivity index (χ1n) is 8.67. The first-order chi connectivity index (χ1) is 12.2. The van der Waals surface area contributed by atoms with Gasteiger partial charge in [0.05, 0.1) is 6.10 Å². The lowest BCUT2D eigenvalue weighted by Crippen LogP contribution is -2.47. The highest BCUT2D eigenvalue weighted by Crippen LogP contribution is 2.26. The lowest BCUT2D eigenvalue weighted by molar-refractivity contribution is 0.110. The van der Waals surface area contributed by atoms with Crippen molar-refractivity contribution >= 4 is 16.6 Å². The van der Waals surface area contributed by atoms with Gasteiger partial charge in [0.25, 0.3) is 0 Å². The Morgan fingerprint density at radius 2 is 1.80 bits per heavy atom. The van der Waals surface area contributed by atoms with Crippen LogP contribution in [-0.2, 0) is 0 Å². The molecule has 0 aliphatic carbocycles. The molecule has 1 atom stereocenters. The van der Waals surface area contributed by atoms with Crippen LogP contribution in [0.4, 0.5) is 10.1 Å². The Hall–Kier alpha value is -2.37. The van der Waals surface area contributed by atoms with Crippen LogP contribution >= 0.6 is 0 Å². The van der Waals surface area contributed by atoms with Crippen molar-refractivity contribution in [2.45, 2.75) is 6.10 Å². The standard InChI is InChI=1S/C20H22FN3O/c21-15-6-7-19-17(12-15)18(13-22-19)20(25)14-23-8-10-24(11-9-23)16-4-2-1-3-5-16/h1-7,12-13,20,22,25H,8-11,14H2/t20-/m1/s1. The molecule has 1 saturated heterocycles. The fourth-order valence-corrected chi connectivity index (χ4v) is 3.56. The van der Waals surface area contributed by atoms with Crippen molar-refractivity contribution < 1.29 is 9.50 Å². The predicted molar refractivity (Wildman–Crippen MR) is 98.3 cm³/mol. The minimum atomic E-state index is -0.626. The molecule has 1 fully saturated rings. The van der Waals surface area contributed by atoms with Crippen LogP contribution in [-0.4, -0.2) is 47.7 Å². The van der Waals surface area contributed by atoms with Gasteiger partial charge in [-0.15, -0.1) is 0 Å². The van der Waals surface area contributed by atoms with Crippen molar-refractivity contribution in [1.29, 1.82) is 0 Å². The molecule has 4 nitrogen and oxygen atoms in total. The molecule has 2 N–H and O–H groups in total. The Morgan fingerprint density at radius 3 is 2.56 bits per heavy atom. The van der Waals surface area contributed by atoms with Crippen molar-refractivity contribution in [3.05, 3.63) is 66.1 Å². The number of anilines is 1. The summed E-state index contributed by atoms with van der Waals surface area (Å²) in [5.41, 5.74) is 2.86. The molecule has 1 aliphatic rings. The van der Waals surface area contributed by atoms with Crippen LogP contribution in [0.1, 0.15) is 11.7 Å². The molecule has 1 aliphatic heterocycles. The third-order valence-corrected chi connectivity index (χ3v) is 4.96. The number of aliphatic hydroxyl groups excluding tert-OH is 1. The van der Waals surface area contributed by atoms with E-state index in [-0.39, 0.29) is 5.82 Å². The summed E-state index contributed by atoms with van der Waals surface area (Å²) in [7, 11) is 0. The number of hydrogen-bond acceptors (Lipinski definition) is 3. The number of hydrogen-bond donors (Lipinski definition) is 2. The maximum Gasteiger partial charge on any atom is 0.123 e. The van der Waals surface area contributed by atoms with Crippen LogP contribution in [0.25, 0.3) is 10.9 Å². The van der Waals surface area contributed by atoms with Gasteiger partial charge in [-0.2, -0.15) is 0 Å². The van der Waals surface area contributed by atoms with Gasteiger partial charge in [0.15, 0.2) is 0 Å². The first kappa shape index (κ1) is 16.1. The molecule has 2 heterocycles. The van der Waals surface area contributed by atoms with Crippen LogP contribution in [0.3, 0.4) is 0 Å². The summed E-state index contributed by atoms with van der Waals surface area (Å²) in [6.45, 7) is 4.26. The number of rotatable bonds is 4. The topological polar surface area (TPSA) is 42.5 Å². The van der Waals surface area contributed by atoms with Crippen molar-refractivity contribution in [2.75, 3.05) is 37.6 Å². The quantitative estimate of drug-likeness (QED) is 0.767. The molecule has 5 heteroatoms. The van der Waals surface area contributed by atoms with E-state index in [4.69, 9.17) is 0 Å². The summed E-state index contributed by atoms with van der Waals surface area (Å²) in [5, 5.41) is 11.4. The Labute approximate surface area is 146 Å². The van der Waals surface area contributed by atoms with Crippen molar-refractivity contribution in [3.63, 3.8) is 0 Å². The number of benzene rings is 2. The highest BCUT2D eigenvalue weighted by molar-refractivity contribution is 5.83. The summed E-state index contributed by atoms with van der Waals surface area (Å²) in [4.78, 5) is 7.74. The van der Waals surface area contributed by atoms with E-state index in [2.05, 4.69) is 39.0 Å². The molecule has 0 radical (unpaired) electrons. The Bertz CT molecular complexity index is 841. The van der Waals surface area contributed by atoms with Gasteiger partial charge in [-0.1, -0.05) is 18.2 Å². The zero-order chi connectivity index (χ0) is 17.2. The molecule has 25 heavy (non-hydrogen) atoms. The first-order valence-corrected chi connectivity index (χ1v) is 8.67. The Morgan fingerprint density at radius 1 is 1.04 bits per heavy atom. The molecule has 0 unspecified atom stereocenters. The summed E-state index contributed by atoms with van der Waals surface area (Å²) in [5.74, 6) is -0.281. The number of piperazine rings is 1. The summed E-state index contributed by atoms with van der Waals surface area (Å²) in [6, 6.07) is 15.0. The number of para-hydroxylation sites is 1. The summed E-state index contributed by atoms with van der Waals surface area (Å²) in [6.07, 6.45) is 1.16. The third kappa shape index (κ3) is 3.38. The van der Waals surface area contributed by atoms with E-state index in [9.17, 15) is 9.50 Å². The number of β-amino-alcohol motifs (C(OH)–C–C–N with tert-alkyl or cyclic N) is 1. The molecule has 0 saturated carbocycles. The molecule has 1 aromatic heterocycles. The highest BCUT2D eigenvalue weighted by Gasteiger charge is 2.21. The second-order valence-corrected chi connectivity index (χ2v) is 6.57. The van der Waals surface area contributed by atoms with E-state index in [1.807, 2.05) is 6.07 Å². The van der Waals surface area contributed by atoms with E-state index >= 15 is 0 Å². The van der Waals surface area contributed by atoms with Crippen LogP contribution in [0, 0.1) is 5.82 Å². The molecule has 2 aromatic carbocycles. The fraction of sp³-hybridized carbons (Fsp3) is 0.300. The van der Waals surface area contributed by atoms with Crippen molar-refractivity contribution in [2.24, 2.45) is 0 Å². The van der Waals surface area contributed by atoms with E-state index in [1.54, 1.807) is 12.3 Å². The van der Waals surface area contributed by atoms with Crippen LogP contribution in [0.15, 0.2) is 54.7 Å².